The summed E-state index contributed by atoms with van der Waals surface area (Å²) in [4.78, 5) is 21.3. The predicted octanol–water partition coefficient (Wildman–Crippen LogP) is 4.36. The third-order valence-electron chi connectivity index (χ3n) is 5.90. The molecule has 1 aliphatic carbocycles. The van der Waals surface area contributed by atoms with E-state index < -0.39 is 0 Å². The Bertz CT molecular complexity index is 1400. The van der Waals surface area contributed by atoms with Crippen LogP contribution >= 0.6 is 22.7 Å². The van der Waals surface area contributed by atoms with Gasteiger partial charge >= 0.3 is 0 Å². The highest BCUT2D eigenvalue weighted by Crippen LogP contribution is 2.34. The van der Waals surface area contributed by atoms with Crippen molar-refractivity contribution in [3.8, 4) is 0 Å². The molecular formula is C23H20N4O2S2. The quantitative estimate of drug-likeness (QED) is 0.433. The van der Waals surface area contributed by atoms with Gasteiger partial charge in [0, 0.05) is 33.1 Å². The van der Waals surface area contributed by atoms with Crippen molar-refractivity contribution >= 4 is 43.0 Å². The summed E-state index contributed by atoms with van der Waals surface area (Å²) < 4.78 is 7.91. The minimum atomic E-state index is 0.0777. The maximum Gasteiger partial charge on any atom is 0.262 e. The molecule has 1 aliphatic rings. The number of fused-ring (bicyclic) bond motifs is 4. The Morgan fingerprint density at radius 3 is 3.03 bits per heavy atom. The van der Waals surface area contributed by atoms with Crippen LogP contribution in [0.2, 0.25) is 0 Å². The Balaban J connectivity index is 1.27. The molecule has 5 aromatic rings. The Labute approximate surface area is 186 Å². The van der Waals surface area contributed by atoms with Gasteiger partial charge in [-0.1, -0.05) is 23.4 Å². The minimum absolute atomic E-state index is 0.0777. The van der Waals surface area contributed by atoms with E-state index >= 15 is 0 Å². The van der Waals surface area contributed by atoms with Crippen LogP contribution in [-0.2, 0) is 25.9 Å². The summed E-state index contributed by atoms with van der Waals surface area (Å²) in [5.41, 5.74) is 2.18. The number of thiophene rings is 2. The summed E-state index contributed by atoms with van der Waals surface area (Å²) >= 11 is 3.40. The molecule has 0 saturated heterocycles. The van der Waals surface area contributed by atoms with E-state index in [-0.39, 0.29) is 5.56 Å². The topological polar surface area (TPSA) is 73.0 Å². The Morgan fingerprint density at radius 2 is 2.16 bits per heavy atom. The van der Waals surface area contributed by atoms with Crippen LogP contribution in [0.3, 0.4) is 0 Å². The zero-order chi connectivity index (χ0) is 20.8. The summed E-state index contributed by atoms with van der Waals surface area (Å²) in [6.45, 7) is 1.26. The van der Waals surface area contributed by atoms with E-state index in [1.54, 1.807) is 39.8 Å². The zero-order valence-electron chi connectivity index (χ0n) is 16.7. The molecule has 4 heterocycles. The van der Waals surface area contributed by atoms with Gasteiger partial charge in [0.05, 0.1) is 24.0 Å². The van der Waals surface area contributed by atoms with Gasteiger partial charge < -0.3 is 9.84 Å². The summed E-state index contributed by atoms with van der Waals surface area (Å²) in [5, 5.41) is 9.57. The molecule has 0 fully saturated rings. The summed E-state index contributed by atoms with van der Waals surface area (Å²) in [6.07, 6.45) is 6.12. The zero-order valence-corrected chi connectivity index (χ0v) is 18.3. The van der Waals surface area contributed by atoms with E-state index in [9.17, 15) is 4.79 Å². The lowest BCUT2D eigenvalue weighted by Gasteiger charge is -2.22. The van der Waals surface area contributed by atoms with Crippen molar-refractivity contribution in [2.45, 2.75) is 38.4 Å². The van der Waals surface area contributed by atoms with Crippen molar-refractivity contribution in [1.29, 1.82) is 0 Å². The van der Waals surface area contributed by atoms with Gasteiger partial charge in [0.15, 0.2) is 0 Å². The van der Waals surface area contributed by atoms with Crippen LogP contribution < -0.4 is 10.9 Å². The number of hydrogen-bond donors (Lipinski definition) is 1. The Hall–Kier alpha value is -2.81. The van der Waals surface area contributed by atoms with Crippen molar-refractivity contribution in [3.05, 3.63) is 80.4 Å². The molecule has 0 bridgehead atoms. The van der Waals surface area contributed by atoms with Crippen LogP contribution in [0.1, 0.15) is 27.4 Å². The molecule has 8 heteroatoms. The molecule has 0 aliphatic heterocycles. The van der Waals surface area contributed by atoms with Gasteiger partial charge in [-0.15, -0.1) is 22.7 Å². The average molecular weight is 449 g/mol. The van der Waals surface area contributed by atoms with Crippen LogP contribution in [0.15, 0.2) is 58.3 Å². The van der Waals surface area contributed by atoms with E-state index in [2.05, 4.69) is 33.7 Å². The number of aromatic nitrogens is 3. The fourth-order valence-electron chi connectivity index (χ4n) is 4.35. The molecule has 0 saturated carbocycles. The molecule has 1 N–H and O–H groups in total. The van der Waals surface area contributed by atoms with Gasteiger partial charge in [-0.2, -0.15) is 0 Å². The SMILES string of the molecule is O=c1c2c3c(sc2ncn1Cc1cc2ccccc2s1)C[C@@H](NCc1ccon1)CC3. The number of hydrogen-bond acceptors (Lipinski definition) is 7. The molecule has 0 amide bonds. The van der Waals surface area contributed by atoms with Crippen molar-refractivity contribution < 1.29 is 4.52 Å². The second-order valence-corrected chi connectivity index (χ2v) is 10.2. The summed E-state index contributed by atoms with van der Waals surface area (Å²) in [7, 11) is 0. The molecule has 4 aromatic heterocycles. The largest absolute Gasteiger partial charge is 0.364 e. The molecule has 1 aromatic carbocycles. The molecular weight excluding hydrogens is 428 g/mol. The highest BCUT2D eigenvalue weighted by molar-refractivity contribution is 7.19. The van der Waals surface area contributed by atoms with Crippen LogP contribution in [-0.4, -0.2) is 20.7 Å². The molecule has 0 unspecified atom stereocenters. The van der Waals surface area contributed by atoms with Gasteiger partial charge in [0.1, 0.15) is 11.1 Å². The molecule has 0 radical (unpaired) electrons. The van der Waals surface area contributed by atoms with E-state index in [1.165, 1.54) is 25.4 Å². The molecule has 31 heavy (non-hydrogen) atoms. The fourth-order valence-corrected chi connectivity index (χ4v) is 6.67. The highest BCUT2D eigenvalue weighted by atomic mass is 32.1. The van der Waals surface area contributed by atoms with Crippen molar-refractivity contribution in [2.75, 3.05) is 0 Å². The van der Waals surface area contributed by atoms with E-state index in [0.29, 0.717) is 19.1 Å². The highest BCUT2D eigenvalue weighted by Gasteiger charge is 2.25. The normalized spacial score (nSPS) is 16.2. The lowest BCUT2D eigenvalue weighted by molar-refractivity contribution is 0.399. The van der Waals surface area contributed by atoms with Gasteiger partial charge in [-0.05, 0) is 42.3 Å². The second kappa shape index (κ2) is 7.71. The minimum Gasteiger partial charge on any atom is -0.364 e. The van der Waals surface area contributed by atoms with E-state index in [1.807, 2.05) is 18.2 Å². The van der Waals surface area contributed by atoms with Crippen molar-refractivity contribution in [1.82, 2.24) is 20.0 Å². The maximum absolute atomic E-state index is 13.3. The first-order chi connectivity index (χ1) is 15.2. The number of aryl methyl sites for hydroxylation is 1. The maximum atomic E-state index is 13.3. The van der Waals surface area contributed by atoms with E-state index in [4.69, 9.17) is 4.52 Å². The van der Waals surface area contributed by atoms with E-state index in [0.717, 1.165) is 35.2 Å². The average Bonchev–Trinajstić information content (AvgIpc) is 3.51. The third-order valence-corrected chi connectivity index (χ3v) is 8.16. The van der Waals surface area contributed by atoms with Crippen LogP contribution in [0.25, 0.3) is 20.3 Å². The lowest BCUT2D eigenvalue weighted by Crippen LogP contribution is -2.34. The first-order valence-corrected chi connectivity index (χ1v) is 12.0. The monoisotopic (exact) mass is 448 g/mol. The smallest absolute Gasteiger partial charge is 0.262 e. The second-order valence-electron chi connectivity index (χ2n) is 7.92. The molecule has 6 nitrogen and oxygen atoms in total. The number of benzene rings is 1. The number of rotatable bonds is 5. The number of nitrogens with one attached hydrogen (secondary N) is 1. The fraction of sp³-hybridized carbons (Fsp3) is 0.261. The Kier molecular flexibility index (Phi) is 4.70. The van der Waals surface area contributed by atoms with Crippen LogP contribution in [0.4, 0.5) is 0 Å². The first-order valence-electron chi connectivity index (χ1n) is 10.3. The molecule has 1 atom stereocenters. The van der Waals surface area contributed by atoms with Gasteiger partial charge in [0.25, 0.3) is 5.56 Å². The summed E-state index contributed by atoms with van der Waals surface area (Å²) in [6, 6.07) is 12.8. The van der Waals surface area contributed by atoms with Crippen molar-refractivity contribution in [2.24, 2.45) is 0 Å². The van der Waals surface area contributed by atoms with Gasteiger partial charge in [-0.25, -0.2) is 4.98 Å². The first kappa shape index (κ1) is 18.9. The molecule has 0 spiro atoms. The number of nitrogens with zero attached hydrogens (tertiary/aromatic N) is 3. The van der Waals surface area contributed by atoms with Gasteiger partial charge in [0.2, 0.25) is 0 Å². The lowest BCUT2D eigenvalue weighted by atomic mass is 9.93. The van der Waals surface area contributed by atoms with Crippen LogP contribution in [0, 0.1) is 0 Å². The summed E-state index contributed by atoms with van der Waals surface area (Å²) in [5.74, 6) is 0. The van der Waals surface area contributed by atoms with Crippen molar-refractivity contribution in [3.63, 3.8) is 0 Å². The standard InChI is InChI=1S/C23H20N4O2S2/c28-23-21-18-6-5-15(24-11-16-7-8-29-26-16)10-20(18)31-22(21)25-13-27(23)12-17-9-14-3-1-2-4-19(14)30-17/h1-4,7-9,13,15,24H,5-6,10-12H2/t15-/m0/s1. The van der Waals surface area contributed by atoms with Crippen LogP contribution in [0.5, 0.6) is 0 Å². The molecule has 6 rings (SSSR count). The Morgan fingerprint density at radius 1 is 1.23 bits per heavy atom. The van der Waals surface area contributed by atoms with Gasteiger partial charge in [-0.3, -0.25) is 9.36 Å². The molecule has 156 valence electrons. The predicted molar refractivity (Wildman–Crippen MR) is 124 cm³/mol. The third kappa shape index (κ3) is 3.50.